The average molecular weight is 424 g/mol. The van der Waals surface area contributed by atoms with Gasteiger partial charge in [0.25, 0.3) is 5.91 Å². The van der Waals surface area contributed by atoms with Gasteiger partial charge in [-0.3, -0.25) is 9.78 Å². The lowest BCUT2D eigenvalue weighted by Gasteiger charge is -2.24. The van der Waals surface area contributed by atoms with Crippen LogP contribution in [0, 0.1) is 6.92 Å². The SMILES string of the molecule is Cc1nc([C@]2(O)CCCN(C(=O)c3ccncc3)CC2)sc1COc1ccccc1. The van der Waals surface area contributed by atoms with Gasteiger partial charge < -0.3 is 14.7 Å². The zero-order valence-electron chi connectivity index (χ0n) is 17.0. The Kier molecular flexibility index (Phi) is 6.11. The van der Waals surface area contributed by atoms with Crippen LogP contribution in [0.1, 0.15) is 45.2 Å². The number of hydrogen-bond acceptors (Lipinski definition) is 6. The zero-order valence-corrected chi connectivity index (χ0v) is 17.8. The summed E-state index contributed by atoms with van der Waals surface area (Å²) < 4.78 is 5.86. The third-order valence-electron chi connectivity index (χ3n) is 5.43. The normalized spacial score (nSPS) is 19.3. The van der Waals surface area contributed by atoms with E-state index in [0.29, 0.717) is 43.1 Å². The number of benzene rings is 1. The summed E-state index contributed by atoms with van der Waals surface area (Å²) in [7, 11) is 0. The Morgan fingerprint density at radius 3 is 2.70 bits per heavy atom. The molecule has 1 fully saturated rings. The molecule has 1 atom stereocenters. The number of nitrogens with zero attached hydrogens (tertiary/aromatic N) is 3. The summed E-state index contributed by atoms with van der Waals surface area (Å²) in [5.41, 5.74) is 0.488. The van der Waals surface area contributed by atoms with Gasteiger partial charge in [0.1, 0.15) is 23.0 Å². The Morgan fingerprint density at radius 2 is 1.93 bits per heavy atom. The van der Waals surface area contributed by atoms with Crippen molar-refractivity contribution in [2.45, 2.75) is 38.4 Å². The summed E-state index contributed by atoms with van der Waals surface area (Å²) in [5, 5.41) is 12.1. The predicted octanol–water partition coefficient (Wildman–Crippen LogP) is 3.94. The number of hydrogen-bond donors (Lipinski definition) is 1. The predicted molar refractivity (Wildman–Crippen MR) is 116 cm³/mol. The molecule has 30 heavy (non-hydrogen) atoms. The highest BCUT2D eigenvalue weighted by molar-refractivity contribution is 7.11. The molecule has 7 heteroatoms. The summed E-state index contributed by atoms with van der Waals surface area (Å²) >= 11 is 1.50. The lowest BCUT2D eigenvalue weighted by molar-refractivity contribution is 0.0209. The molecule has 1 aliphatic rings. The van der Waals surface area contributed by atoms with Crippen molar-refractivity contribution in [2.75, 3.05) is 13.1 Å². The van der Waals surface area contributed by atoms with E-state index in [4.69, 9.17) is 4.74 Å². The quantitative estimate of drug-likeness (QED) is 0.673. The first-order valence-corrected chi connectivity index (χ1v) is 10.9. The minimum Gasteiger partial charge on any atom is -0.488 e. The maximum atomic E-state index is 12.8. The van der Waals surface area contributed by atoms with Gasteiger partial charge in [-0.1, -0.05) is 18.2 Å². The van der Waals surface area contributed by atoms with E-state index < -0.39 is 5.60 Å². The minimum atomic E-state index is -1.02. The molecule has 0 radical (unpaired) electrons. The number of carbonyl (C=O) groups is 1. The van der Waals surface area contributed by atoms with Gasteiger partial charge in [0.05, 0.1) is 10.6 Å². The standard InChI is InChI=1S/C23H25N3O3S/c1-17-20(16-29-19-6-3-2-4-7-19)30-22(25-17)23(28)10-5-14-26(15-11-23)21(27)18-8-12-24-13-9-18/h2-4,6-9,12-13,28H,5,10-11,14-16H2,1H3/t23-/m0/s1. The van der Waals surface area contributed by atoms with Gasteiger partial charge in [0, 0.05) is 37.5 Å². The fraction of sp³-hybridized carbons (Fsp3) is 0.348. The number of aliphatic hydroxyl groups is 1. The summed E-state index contributed by atoms with van der Waals surface area (Å²) in [5.74, 6) is 0.791. The second-order valence-electron chi connectivity index (χ2n) is 7.54. The number of aromatic nitrogens is 2. The maximum absolute atomic E-state index is 12.8. The average Bonchev–Trinajstić information content (AvgIpc) is 3.04. The van der Waals surface area contributed by atoms with Gasteiger partial charge in [-0.25, -0.2) is 4.98 Å². The van der Waals surface area contributed by atoms with Gasteiger partial charge in [0.2, 0.25) is 0 Å². The second kappa shape index (κ2) is 8.93. The molecule has 0 unspecified atom stereocenters. The van der Waals surface area contributed by atoms with Gasteiger partial charge >= 0.3 is 0 Å². The van der Waals surface area contributed by atoms with Crippen LogP contribution in [0.15, 0.2) is 54.9 Å². The lowest BCUT2D eigenvalue weighted by atomic mass is 9.96. The molecule has 1 amide bonds. The van der Waals surface area contributed by atoms with Crippen LogP contribution in [0.4, 0.5) is 0 Å². The summed E-state index contributed by atoms with van der Waals surface area (Å²) in [6, 6.07) is 13.1. The minimum absolute atomic E-state index is 0.0195. The molecular weight excluding hydrogens is 398 g/mol. The largest absolute Gasteiger partial charge is 0.488 e. The smallest absolute Gasteiger partial charge is 0.253 e. The molecule has 0 aliphatic carbocycles. The molecule has 4 rings (SSSR count). The Hall–Kier alpha value is -2.77. The third-order valence-corrected chi connectivity index (χ3v) is 6.76. The first-order valence-electron chi connectivity index (χ1n) is 10.1. The fourth-order valence-corrected chi connectivity index (χ4v) is 4.76. The monoisotopic (exact) mass is 423 g/mol. The number of para-hydroxylation sites is 1. The van der Waals surface area contributed by atoms with Gasteiger partial charge in [-0.2, -0.15) is 0 Å². The topological polar surface area (TPSA) is 75.6 Å². The van der Waals surface area contributed by atoms with Crippen molar-refractivity contribution in [3.63, 3.8) is 0 Å². The number of aryl methyl sites for hydroxylation is 1. The molecule has 1 saturated heterocycles. The molecule has 1 aliphatic heterocycles. The van der Waals surface area contributed by atoms with Crippen LogP contribution in [0.2, 0.25) is 0 Å². The number of pyridine rings is 1. The van der Waals surface area contributed by atoms with Gasteiger partial charge in [-0.15, -0.1) is 11.3 Å². The van der Waals surface area contributed by atoms with E-state index in [2.05, 4.69) is 9.97 Å². The number of thiazole rings is 1. The van der Waals surface area contributed by atoms with Crippen molar-refractivity contribution in [3.05, 3.63) is 76.0 Å². The van der Waals surface area contributed by atoms with Crippen LogP contribution in [-0.2, 0) is 12.2 Å². The fourth-order valence-electron chi connectivity index (χ4n) is 3.64. The Labute approximate surface area is 180 Å². The number of amides is 1. The van der Waals surface area contributed by atoms with Gasteiger partial charge in [0.15, 0.2) is 0 Å². The van der Waals surface area contributed by atoms with Gasteiger partial charge in [-0.05, 0) is 44.0 Å². The molecule has 0 bridgehead atoms. The van der Waals surface area contributed by atoms with Crippen LogP contribution in [-0.4, -0.2) is 39.0 Å². The third kappa shape index (κ3) is 4.52. The van der Waals surface area contributed by atoms with Crippen molar-refractivity contribution in [3.8, 4) is 5.75 Å². The zero-order chi connectivity index (χ0) is 21.0. The number of rotatable bonds is 5. The van der Waals surface area contributed by atoms with Crippen LogP contribution in [0.3, 0.4) is 0 Å². The van der Waals surface area contributed by atoms with Crippen molar-refractivity contribution in [1.82, 2.24) is 14.9 Å². The van der Waals surface area contributed by atoms with E-state index in [1.165, 1.54) is 11.3 Å². The van der Waals surface area contributed by atoms with Crippen molar-refractivity contribution in [1.29, 1.82) is 0 Å². The van der Waals surface area contributed by atoms with Crippen molar-refractivity contribution in [2.24, 2.45) is 0 Å². The molecule has 1 aromatic carbocycles. The molecule has 1 N–H and O–H groups in total. The molecule has 3 heterocycles. The highest BCUT2D eigenvalue weighted by atomic mass is 32.1. The molecule has 3 aromatic rings. The first-order chi connectivity index (χ1) is 14.5. The van der Waals surface area contributed by atoms with E-state index >= 15 is 0 Å². The van der Waals surface area contributed by atoms with Crippen LogP contribution in [0.5, 0.6) is 5.75 Å². The summed E-state index contributed by atoms with van der Waals surface area (Å²) in [6.45, 7) is 3.49. The Balaban J connectivity index is 1.44. The van der Waals surface area contributed by atoms with Crippen LogP contribution < -0.4 is 4.74 Å². The Bertz CT molecular complexity index is 993. The molecule has 156 valence electrons. The number of carbonyl (C=O) groups excluding carboxylic acids is 1. The lowest BCUT2D eigenvalue weighted by Crippen LogP contribution is -2.33. The highest BCUT2D eigenvalue weighted by Crippen LogP contribution is 2.37. The maximum Gasteiger partial charge on any atom is 0.253 e. The van der Waals surface area contributed by atoms with E-state index in [0.717, 1.165) is 22.7 Å². The van der Waals surface area contributed by atoms with Crippen molar-refractivity contribution >= 4 is 17.2 Å². The molecular formula is C23H25N3O3S. The van der Waals surface area contributed by atoms with E-state index in [-0.39, 0.29) is 5.91 Å². The summed E-state index contributed by atoms with van der Waals surface area (Å²) in [6.07, 6.45) is 5.02. The van der Waals surface area contributed by atoms with E-state index in [1.54, 1.807) is 24.5 Å². The first kappa shape index (κ1) is 20.5. The molecule has 0 spiro atoms. The highest BCUT2D eigenvalue weighted by Gasteiger charge is 2.36. The molecule has 0 saturated carbocycles. The molecule has 2 aromatic heterocycles. The second-order valence-corrected chi connectivity index (χ2v) is 8.63. The van der Waals surface area contributed by atoms with Crippen LogP contribution >= 0.6 is 11.3 Å². The van der Waals surface area contributed by atoms with E-state index in [1.807, 2.05) is 42.2 Å². The van der Waals surface area contributed by atoms with Crippen LogP contribution in [0.25, 0.3) is 0 Å². The molecule has 6 nitrogen and oxygen atoms in total. The number of likely N-dealkylation sites (tertiary alicyclic amines) is 1. The van der Waals surface area contributed by atoms with E-state index in [9.17, 15) is 9.90 Å². The number of ether oxygens (including phenoxy) is 1. The Morgan fingerprint density at radius 1 is 1.17 bits per heavy atom. The summed E-state index contributed by atoms with van der Waals surface area (Å²) in [4.78, 5) is 24.2. The van der Waals surface area contributed by atoms with Crippen molar-refractivity contribution < 1.29 is 14.6 Å².